The predicted molar refractivity (Wildman–Crippen MR) is 78.9 cm³/mol. The molecule has 2 aromatic heterocycles. The number of halogens is 1. The van der Waals surface area contributed by atoms with Crippen LogP contribution in [0.1, 0.15) is 16.5 Å². The number of hydrogen-bond donors (Lipinski definition) is 2. The number of carbonyl (C=O) groups is 1. The van der Waals surface area contributed by atoms with Gasteiger partial charge in [-0.15, -0.1) is 11.3 Å². The van der Waals surface area contributed by atoms with E-state index in [1.165, 1.54) is 0 Å². The SMILES string of the molecule is CNC(C(=O)NCc1ccc(Br)s1)c1cnn(C)c1. The molecule has 2 heterocycles. The molecule has 0 fully saturated rings. The van der Waals surface area contributed by atoms with E-state index < -0.39 is 0 Å². The molecular formula is C12H15BrN4OS. The molecule has 19 heavy (non-hydrogen) atoms. The Bertz CT molecular complexity index is 566. The molecule has 0 bridgehead atoms. The highest BCUT2D eigenvalue weighted by atomic mass is 79.9. The van der Waals surface area contributed by atoms with Gasteiger partial charge in [0.1, 0.15) is 6.04 Å². The van der Waals surface area contributed by atoms with Gasteiger partial charge in [-0.3, -0.25) is 9.48 Å². The first-order valence-corrected chi connectivity index (χ1v) is 7.39. The zero-order chi connectivity index (χ0) is 13.8. The maximum atomic E-state index is 12.1. The van der Waals surface area contributed by atoms with Crippen molar-refractivity contribution >= 4 is 33.2 Å². The third kappa shape index (κ3) is 3.65. The average Bonchev–Trinajstić information content (AvgIpc) is 2.97. The first-order chi connectivity index (χ1) is 9.10. The molecule has 2 rings (SSSR count). The van der Waals surface area contributed by atoms with E-state index in [4.69, 9.17) is 0 Å². The predicted octanol–water partition coefficient (Wildman–Crippen LogP) is 1.82. The van der Waals surface area contributed by atoms with Gasteiger partial charge in [-0.1, -0.05) is 0 Å². The number of aryl methyl sites for hydroxylation is 1. The van der Waals surface area contributed by atoms with E-state index in [9.17, 15) is 4.79 Å². The van der Waals surface area contributed by atoms with Crippen LogP contribution >= 0.6 is 27.3 Å². The first kappa shape index (κ1) is 14.2. The van der Waals surface area contributed by atoms with Gasteiger partial charge < -0.3 is 10.6 Å². The van der Waals surface area contributed by atoms with Crippen molar-refractivity contribution in [3.8, 4) is 0 Å². The molecule has 7 heteroatoms. The second-order valence-corrected chi connectivity index (χ2v) is 6.64. The van der Waals surface area contributed by atoms with Crippen LogP contribution in [0.25, 0.3) is 0 Å². The molecule has 102 valence electrons. The van der Waals surface area contributed by atoms with Gasteiger partial charge in [-0.25, -0.2) is 0 Å². The van der Waals surface area contributed by atoms with Gasteiger partial charge in [-0.2, -0.15) is 5.10 Å². The number of likely N-dealkylation sites (N-methyl/N-ethyl adjacent to an activating group) is 1. The van der Waals surface area contributed by atoms with E-state index in [0.29, 0.717) is 6.54 Å². The number of aromatic nitrogens is 2. The monoisotopic (exact) mass is 342 g/mol. The molecule has 0 saturated carbocycles. The Balaban J connectivity index is 1.97. The fraction of sp³-hybridized carbons (Fsp3) is 0.333. The van der Waals surface area contributed by atoms with E-state index in [2.05, 4.69) is 31.7 Å². The maximum Gasteiger partial charge on any atom is 0.242 e. The van der Waals surface area contributed by atoms with E-state index in [1.807, 2.05) is 25.4 Å². The normalized spacial score (nSPS) is 12.4. The van der Waals surface area contributed by atoms with Crippen molar-refractivity contribution < 1.29 is 4.79 Å². The largest absolute Gasteiger partial charge is 0.350 e. The summed E-state index contributed by atoms with van der Waals surface area (Å²) in [5.74, 6) is -0.0555. The van der Waals surface area contributed by atoms with E-state index in [1.54, 1.807) is 29.3 Å². The van der Waals surface area contributed by atoms with Gasteiger partial charge >= 0.3 is 0 Å². The zero-order valence-corrected chi connectivity index (χ0v) is 13.1. The lowest BCUT2D eigenvalue weighted by molar-refractivity contribution is -0.123. The summed E-state index contributed by atoms with van der Waals surface area (Å²) < 4.78 is 2.75. The number of thiophene rings is 1. The van der Waals surface area contributed by atoms with Crippen LogP contribution in [-0.2, 0) is 18.4 Å². The number of rotatable bonds is 5. The van der Waals surface area contributed by atoms with Crippen LogP contribution in [0, 0.1) is 0 Å². The van der Waals surface area contributed by atoms with Crippen molar-refractivity contribution in [1.82, 2.24) is 20.4 Å². The van der Waals surface area contributed by atoms with Crippen molar-refractivity contribution in [2.75, 3.05) is 7.05 Å². The van der Waals surface area contributed by atoms with Crippen molar-refractivity contribution in [1.29, 1.82) is 0 Å². The standard InChI is InChI=1S/C12H15BrN4OS/c1-14-11(8-5-16-17(2)7-8)12(18)15-6-9-3-4-10(13)19-9/h3-5,7,11,14H,6H2,1-2H3,(H,15,18). The van der Waals surface area contributed by atoms with Crippen LogP contribution in [0.5, 0.6) is 0 Å². The molecule has 0 radical (unpaired) electrons. The van der Waals surface area contributed by atoms with Crippen LogP contribution in [0.4, 0.5) is 0 Å². The first-order valence-electron chi connectivity index (χ1n) is 5.78. The molecule has 0 aliphatic carbocycles. The summed E-state index contributed by atoms with van der Waals surface area (Å²) in [4.78, 5) is 13.3. The summed E-state index contributed by atoms with van der Waals surface area (Å²) in [5, 5.41) is 10.0. The number of hydrogen-bond acceptors (Lipinski definition) is 4. The van der Waals surface area contributed by atoms with Crippen LogP contribution < -0.4 is 10.6 Å². The maximum absolute atomic E-state index is 12.1. The topological polar surface area (TPSA) is 59.0 Å². The molecule has 0 aromatic carbocycles. The van der Waals surface area contributed by atoms with Crippen molar-refractivity contribution in [2.45, 2.75) is 12.6 Å². The fourth-order valence-corrected chi connectivity index (χ4v) is 3.18. The highest BCUT2D eigenvalue weighted by molar-refractivity contribution is 9.11. The highest BCUT2D eigenvalue weighted by Gasteiger charge is 2.19. The molecule has 5 nitrogen and oxygen atoms in total. The zero-order valence-electron chi connectivity index (χ0n) is 10.7. The van der Waals surface area contributed by atoms with E-state index in [0.717, 1.165) is 14.2 Å². The van der Waals surface area contributed by atoms with Crippen LogP contribution in [0.15, 0.2) is 28.3 Å². The van der Waals surface area contributed by atoms with Crippen LogP contribution in [0.2, 0.25) is 0 Å². The number of nitrogens with zero attached hydrogens (tertiary/aromatic N) is 2. The number of carbonyl (C=O) groups excluding carboxylic acids is 1. The molecule has 0 aliphatic heterocycles. The Morgan fingerprint density at radius 2 is 2.37 bits per heavy atom. The fourth-order valence-electron chi connectivity index (χ4n) is 1.76. The Morgan fingerprint density at radius 3 is 2.89 bits per heavy atom. The second kappa shape index (κ2) is 6.31. The lowest BCUT2D eigenvalue weighted by Gasteiger charge is -2.14. The third-order valence-corrected chi connectivity index (χ3v) is 4.30. The minimum absolute atomic E-state index is 0.0555. The van der Waals surface area contributed by atoms with Gasteiger partial charge in [0.05, 0.1) is 16.5 Å². The van der Waals surface area contributed by atoms with Gasteiger partial charge in [0.2, 0.25) is 5.91 Å². The van der Waals surface area contributed by atoms with Crippen LogP contribution in [0.3, 0.4) is 0 Å². The van der Waals surface area contributed by atoms with Gasteiger partial charge in [0.15, 0.2) is 0 Å². The smallest absolute Gasteiger partial charge is 0.242 e. The van der Waals surface area contributed by atoms with Crippen molar-refractivity contribution in [2.24, 2.45) is 7.05 Å². The Kier molecular flexibility index (Phi) is 4.73. The molecule has 2 N–H and O–H groups in total. The minimum Gasteiger partial charge on any atom is -0.350 e. The summed E-state index contributed by atoms with van der Waals surface area (Å²) in [6.07, 6.45) is 3.53. The Morgan fingerprint density at radius 1 is 1.58 bits per heavy atom. The third-order valence-electron chi connectivity index (χ3n) is 2.67. The Hall–Kier alpha value is -1.18. The van der Waals surface area contributed by atoms with E-state index in [-0.39, 0.29) is 11.9 Å². The summed E-state index contributed by atoms with van der Waals surface area (Å²) in [7, 11) is 3.59. The number of amides is 1. The molecule has 1 atom stereocenters. The number of nitrogens with one attached hydrogen (secondary N) is 2. The molecule has 0 spiro atoms. The Labute approximate surface area is 124 Å². The summed E-state index contributed by atoms with van der Waals surface area (Å²) >= 11 is 5.02. The van der Waals surface area contributed by atoms with Crippen molar-refractivity contribution in [3.05, 3.63) is 38.8 Å². The molecular weight excluding hydrogens is 328 g/mol. The minimum atomic E-state index is -0.378. The van der Waals surface area contributed by atoms with Crippen LogP contribution in [-0.4, -0.2) is 22.7 Å². The summed E-state index contributed by atoms with van der Waals surface area (Å²) in [6, 6.07) is 3.59. The molecule has 0 saturated heterocycles. The van der Waals surface area contributed by atoms with Gasteiger partial charge in [0, 0.05) is 23.7 Å². The lowest BCUT2D eigenvalue weighted by atomic mass is 10.1. The summed E-state index contributed by atoms with van der Waals surface area (Å²) in [6.45, 7) is 0.535. The van der Waals surface area contributed by atoms with Gasteiger partial charge in [0.25, 0.3) is 0 Å². The van der Waals surface area contributed by atoms with Gasteiger partial charge in [-0.05, 0) is 35.1 Å². The second-order valence-electron chi connectivity index (χ2n) is 4.09. The molecule has 2 aromatic rings. The highest BCUT2D eigenvalue weighted by Crippen LogP contribution is 2.22. The van der Waals surface area contributed by atoms with Crippen molar-refractivity contribution in [3.63, 3.8) is 0 Å². The molecule has 1 unspecified atom stereocenters. The average molecular weight is 343 g/mol. The molecule has 0 aliphatic rings. The van der Waals surface area contributed by atoms with E-state index >= 15 is 0 Å². The summed E-state index contributed by atoms with van der Waals surface area (Å²) in [5.41, 5.74) is 0.856. The molecule has 1 amide bonds. The lowest BCUT2D eigenvalue weighted by Crippen LogP contribution is -2.35. The quantitative estimate of drug-likeness (QED) is 0.871.